The van der Waals surface area contributed by atoms with Crippen molar-refractivity contribution in [2.24, 2.45) is 0 Å². The summed E-state index contributed by atoms with van der Waals surface area (Å²) in [5, 5.41) is 2.85. The predicted molar refractivity (Wildman–Crippen MR) is 103 cm³/mol. The number of hydrogen-bond acceptors (Lipinski definition) is 5. The van der Waals surface area contributed by atoms with E-state index in [1.54, 1.807) is 32.2 Å². The molecule has 0 aromatic heterocycles. The number of methoxy groups -OCH3 is 2. The maximum atomic E-state index is 12.6. The molecule has 2 N–H and O–H groups in total. The van der Waals surface area contributed by atoms with Gasteiger partial charge in [0.1, 0.15) is 16.4 Å². The maximum Gasteiger partial charge on any atom is 0.251 e. The Balaban J connectivity index is 2.31. The number of carbonyl (C=O) groups excluding carboxylic acids is 1. The zero-order valence-electron chi connectivity index (χ0n) is 15.4. The van der Waals surface area contributed by atoms with Gasteiger partial charge in [-0.25, -0.2) is 13.1 Å². The molecule has 0 heterocycles. The van der Waals surface area contributed by atoms with Crippen LogP contribution in [-0.2, 0) is 10.0 Å². The molecule has 0 aliphatic heterocycles. The number of benzene rings is 2. The maximum absolute atomic E-state index is 12.6. The Bertz CT molecular complexity index is 947. The van der Waals surface area contributed by atoms with Gasteiger partial charge in [0, 0.05) is 11.1 Å². The standard InChI is InChI=1S/C18H21ClN2O5S/c1-11(14-10-13(25-3)6-8-16(14)26-4)21-18(22)12-5-7-15(19)17(9-12)27(23,24)20-2/h5-11,20H,1-4H3,(H,21,22)/t11-/m1/s1. The smallest absolute Gasteiger partial charge is 0.251 e. The Kier molecular flexibility index (Phi) is 6.69. The van der Waals surface area contributed by atoms with Crippen molar-refractivity contribution in [1.29, 1.82) is 0 Å². The second kappa shape index (κ2) is 8.60. The lowest BCUT2D eigenvalue weighted by Gasteiger charge is -2.18. The van der Waals surface area contributed by atoms with E-state index in [9.17, 15) is 13.2 Å². The van der Waals surface area contributed by atoms with Crippen LogP contribution in [0.1, 0.15) is 28.9 Å². The third-order valence-corrected chi connectivity index (χ3v) is 5.90. The van der Waals surface area contributed by atoms with Crippen LogP contribution in [0.5, 0.6) is 11.5 Å². The van der Waals surface area contributed by atoms with Crippen LogP contribution in [0, 0.1) is 0 Å². The van der Waals surface area contributed by atoms with Gasteiger partial charge in [-0.05, 0) is 50.4 Å². The van der Waals surface area contributed by atoms with Gasteiger partial charge in [-0.15, -0.1) is 0 Å². The molecular weight excluding hydrogens is 392 g/mol. The first kappa shape index (κ1) is 21.0. The van der Waals surface area contributed by atoms with Crippen LogP contribution in [0.2, 0.25) is 5.02 Å². The zero-order valence-corrected chi connectivity index (χ0v) is 16.9. The highest BCUT2D eigenvalue weighted by molar-refractivity contribution is 7.89. The van der Waals surface area contributed by atoms with Gasteiger partial charge in [0.15, 0.2) is 0 Å². The highest BCUT2D eigenvalue weighted by Crippen LogP contribution is 2.29. The highest BCUT2D eigenvalue weighted by Gasteiger charge is 2.20. The lowest BCUT2D eigenvalue weighted by Crippen LogP contribution is -2.27. The number of nitrogens with one attached hydrogen (secondary N) is 2. The van der Waals surface area contributed by atoms with Crippen molar-refractivity contribution < 1.29 is 22.7 Å². The number of rotatable bonds is 7. The molecule has 0 fully saturated rings. The van der Waals surface area contributed by atoms with Gasteiger partial charge in [-0.2, -0.15) is 0 Å². The van der Waals surface area contributed by atoms with Gasteiger partial charge in [0.2, 0.25) is 10.0 Å². The molecule has 0 bridgehead atoms. The van der Waals surface area contributed by atoms with Gasteiger partial charge in [-0.3, -0.25) is 4.79 Å². The van der Waals surface area contributed by atoms with Crippen LogP contribution in [0.4, 0.5) is 0 Å². The molecule has 7 nitrogen and oxygen atoms in total. The minimum Gasteiger partial charge on any atom is -0.497 e. The first-order chi connectivity index (χ1) is 12.7. The zero-order chi connectivity index (χ0) is 20.2. The Morgan fingerprint density at radius 1 is 1.11 bits per heavy atom. The molecule has 9 heteroatoms. The van der Waals surface area contributed by atoms with Crippen LogP contribution >= 0.6 is 11.6 Å². The summed E-state index contributed by atoms with van der Waals surface area (Å²) in [6.07, 6.45) is 0. The van der Waals surface area contributed by atoms with Crippen LogP contribution in [0.25, 0.3) is 0 Å². The first-order valence-corrected chi connectivity index (χ1v) is 9.85. The average molecular weight is 413 g/mol. The van der Waals surface area contributed by atoms with Crippen molar-refractivity contribution in [3.8, 4) is 11.5 Å². The van der Waals surface area contributed by atoms with Gasteiger partial charge in [-0.1, -0.05) is 11.6 Å². The Labute approximate surface area is 163 Å². The van der Waals surface area contributed by atoms with Gasteiger partial charge < -0.3 is 14.8 Å². The molecule has 0 aliphatic rings. The van der Waals surface area contributed by atoms with Crippen LogP contribution in [0.15, 0.2) is 41.3 Å². The summed E-state index contributed by atoms with van der Waals surface area (Å²) in [6.45, 7) is 1.79. The van der Waals surface area contributed by atoms with Crippen molar-refractivity contribution in [2.75, 3.05) is 21.3 Å². The summed E-state index contributed by atoms with van der Waals surface area (Å²) in [4.78, 5) is 12.5. The SMILES string of the molecule is CNS(=O)(=O)c1cc(C(=O)N[C@H](C)c2cc(OC)ccc2OC)ccc1Cl. The van der Waals surface area contributed by atoms with E-state index in [4.69, 9.17) is 21.1 Å². The molecule has 0 radical (unpaired) electrons. The molecule has 2 aromatic carbocycles. The Morgan fingerprint density at radius 2 is 1.81 bits per heavy atom. The molecule has 146 valence electrons. The highest BCUT2D eigenvalue weighted by atomic mass is 35.5. The quantitative estimate of drug-likeness (QED) is 0.729. The summed E-state index contributed by atoms with van der Waals surface area (Å²) in [5.41, 5.74) is 0.893. The minimum atomic E-state index is -3.78. The first-order valence-electron chi connectivity index (χ1n) is 7.99. The topological polar surface area (TPSA) is 93.7 Å². The molecule has 1 amide bonds. The summed E-state index contributed by atoms with van der Waals surface area (Å²) >= 11 is 5.96. The number of hydrogen-bond donors (Lipinski definition) is 2. The summed E-state index contributed by atoms with van der Waals surface area (Å²) < 4.78 is 36.8. The Hall–Kier alpha value is -2.29. The molecule has 0 aliphatic carbocycles. The summed E-state index contributed by atoms with van der Waals surface area (Å²) in [7, 11) is 0.573. The second-order valence-electron chi connectivity index (χ2n) is 5.66. The lowest BCUT2D eigenvalue weighted by molar-refractivity contribution is 0.0939. The molecule has 2 rings (SSSR count). The normalized spacial score (nSPS) is 12.3. The number of carbonyl (C=O) groups is 1. The predicted octanol–water partition coefficient (Wildman–Crippen LogP) is 2.76. The van der Waals surface area contributed by atoms with E-state index in [0.29, 0.717) is 11.5 Å². The number of sulfonamides is 1. The third-order valence-electron chi connectivity index (χ3n) is 4.00. The molecule has 0 saturated carbocycles. The van der Waals surface area contributed by atoms with E-state index in [1.165, 1.54) is 32.4 Å². The fraction of sp³-hybridized carbons (Fsp3) is 0.278. The molecule has 0 saturated heterocycles. The van der Waals surface area contributed by atoms with Crippen molar-refractivity contribution in [2.45, 2.75) is 17.9 Å². The summed E-state index contributed by atoms with van der Waals surface area (Å²) in [5.74, 6) is 0.774. The molecule has 2 aromatic rings. The fourth-order valence-electron chi connectivity index (χ4n) is 2.50. The van der Waals surface area contributed by atoms with E-state index in [1.807, 2.05) is 0 Å². The van der Waals surface area contributed by atoms with Crippen LogP contribution < -0.4 is 19.5 Å². The van der Waals surface area contributed by atoms with Gasteiger partial charge >= 0.3 is 0 Å². The third kappa shape index (κ3) is 4.71. The van der Waals surface area contributed by atoms with Crippen molar-refractivity contribution in [1.82, 2.24) is 10.0 Å². The number of amides is 1. The van der Waals surface area contributed by atoms with Crippen molar-refractivity contribution in [3.63, 3.8) is 0 Å². The largest absolute Gasteiger partial charge is 0.497 e. The van der Waals surface area contributed by atoms with Gasteiger partial charge in [0.05, 0.1) is 25.3 Å². The lowest BCUT2D eigenvalue weighted by atomic mass is 10.1. The van der Waals surface area contributed by atoms with E-state index in [-0.39, 0.29) is 15.5 Å². The van der Waals surface area contributed by atoms with E-state index in [2.05, 4.69) is 10.0 Å². The van der Waals surface area contributed by atoms with Crippen molar-refractivity contribution in [3.05, 3.63) is 52.5 Å². The molecule has 0 spiro atoms. The van der Waals surface area contributed by atoms with Gasteiger partial charge in [0.25, 0.3) is 5.91 Å². The van der Waals surface area contributed by atoms with E-state index < -0.39 is 22.0 Å². The monoisotopic (exact) mass is 412 g/mol. The summed E-state index contributed by atoms with van der Waals surface area (Å²) in [6, 6.07) is 8.92. The number of ether oxygens (including phenoxy) is 2. The van der Waals surface area contributed by atoms with Crippen LogP contribution in [0.3, 0.4) is 0 Å². The average Bonchev–Trinajstić information content (AvgIpc) is 2.67. The number of halogens is 1. The molecule has 1 atom stereocenters. The van der Waals surface area contributed by atoms with E-state index in [0.717, 1.165) is 5.56 Å². The van der Waals surface area contributed by atoms with E-state index >= 15 is 0 Å². The fourth-order valence-corrected chi connectivity index (χ4v) is 3.75. The Morgan fingerprint density at radius 3 is 2.41 bits per heavy atom. The second-order valence-corrected chi connectivity index (χ2v) is 7.92. The van der Waals surface area contributed by atoms with Crippen LogP contribution in [-0.4, -0.2) is 35.6 Å². The van der Waals surface area contributed by atoms with Crippen molar-refractivity contribution >= 4 is 27.5 Å². The minimum absolute atomic E-state index is 0.0309. The molecular formula is C18H21ClN2O5S. The molecule has 0 unspecified atom stereocenters. The molecule has 27 heavy (non-hydrogen) atoms.